The fourth-order valence-corrected chi connectivity index (χ4v) is 2.64. The molecular weight excluding hydrogens is 268 g/mol. The van der Waals surface area contributed by atoms with E-state index in [4.69, 9.17) is 4.74 Å². The second-order valence-corrected chi connectivity index (χ2v) is 5.82. The van der Waals surface area contributed by atoms with Gasteiger partial charge in [-0.05, 0) is 50.7 Å². The summed E-state index contributed by atoms with van der Waals surface area (Å²) in [4.78, 5) is 24.2. The molecular formula is C16H24N2O3. The van der Waals surface area contributed by atoms with Crippen molar-refractivity contribution < 1.29 is 9.53 Å². The Morgan fingerprint density at radius 2 is 2.24 bits per heavy atom. The van der Waals surface area contributed by atoms with Gasteiger partial charge in [-0.25, -0.2) is 0 Å². The van der Waals surface area contributed by atoms with Crippen LogP contribution >= 0.6 is 0 Å². The van der Waals surface area contributed by atoms with Gasteiger partial charge in [0.1, 0.15) is 5.56 Å². The standard InChI is InChI=1S/C16H24N2O3/c1-11-9-14(16(20)18(3)12(11)2)15(19)17-7-4-5-13-6-8-21-10-13/h9,13H,4-8,10H2,1-3H3,(H,17,19)/t13-/m0/s1. The first-order valence-electron chi connectivity index (χ1n) is 7.54. The maximum atomic E-state index is 12.1. The molecule has 1 amide bonds. The normalized spacial score (nSPS) is 18.0. The van der Waals surface area contributed by atoms with Gasteiger partial charge in [0.2, 0.25) is 0 Å². The van der Waals surface area contributed by atoms with Crippen molar-refractivity contribution in [2.45, 2.75) is 33.1 Å². The molecule has 2 heterocycles. The minimum atomic E-state index is -0.277. The zero-order valence-corrected chi connectivity index (χ0v) is 13.1. The van der Waals surface area contributed by atoms with Crippen LogP contribution in [0.5, 0.6) is 0 Å². The van der Waals surface area contributed by atoms with Crippen molar-refractivity contribution in [3.63, 3.8) is 0 Å². The predicted octanol–water partition coefficient (Wildman–Crippen LogP) is 1.55. The van der Waals surface area contributed by atoms with Crippen LogP contribution in [0.3, 0.4) is 0 Å². The smallest absolute Gasteiger partial charge is 0.263 e. The lowest BCUT2D eigenvalue weighted by Crippen LogP contribution is -2.34. The fourth-order valence-electron chi connectivity index (χ4n) is 2.64. The van der Waals surface area contributed by atoms with Gasteiger partial charge in [-0.1, -0.05) is 0 Å². The second kappa shape index (κ2) is 6.89. The number of rotatable bonds is 5. The number of nitrogens with one attached hydrogen (secondary N) is 1. The first-order valence-corrected chi connectivity index (χ1v) is 7.54. The second-order valence-electron chi connectivity index (χ2n) is 5.82. The third kappa shape index (κ3) is 3.73. The van der Waals surface area contributed by atoms with Crippen molar-refractivity contribution >= 4 is 5.91 Å². The molecule has 116 valence electrons. The molecule has 0 spiro atoms. The SMILES string of the molecule is Cc1cc(C(=O)NCCC[C@H]2CCOC2)c(=O)n(C)c1C. The molecule has 0 saturated carbocycles. The molecule has 0 aromatic carbocycles. The van der Waals surface area contributed by atoms with E-state index >= 15 is 0 Å². The van der Waals surface area contributed by atoms with E-state index in [1.165, 1.54) is 4.57 Å². The van der Waals surface area contributed by atoms with Crippen LogP contribution in [-0.2, 0) is 11.8 Å². The predicted molar refractivity (Wildman–Crippen MR) is 81.7 cm³/mol. The van der Waals surface area contributed by atoms with Gasteiger partial charge in [0.05, 0.1) is 0 Å². The summed E-state index contributed by atoms with van der Waals surface area (Å²) >= 11 is 0. The van der Waals surface area contributed by atoms with Gasteiger partial charge in [0.25, 0.3) is 11.5 Å². The molecule has 5 nitrogen and oxygen atoms in total. The van der Waals surface area contributed by atoms with Crippen LogP contribution in [0.4, 0.5) is 0 Å². The van der Waals surface area contributed by atoms with E-state index in [1.807, 2.05) is 13.8 Å². The first kappa shape index (κ1) is 15.8. The Labute approximate surface area is 125 Å². The van der Waals surface area contributed by atoms with Gasteiger partial charge in [0.15, 0.2) is 0 Å². The molecule has 0 aliphatic carbocycles. The lowest BCUT2D eigenvalue weighted by Gasteiger charge is -2.11. The molecule has 0 radical (unpaired) electrons. The van der Waals surface area contributed by atoms with Crippen molar-refractivity contribution in [2.75, 3.05) is 19.8 Å². The molecule has 1 atom stereocenters. The number of carbonyl (C=O) groups is 1. The van der Waals surface area contributed by atoms with Crippen molar-refractivity contribution in [2.24, 2.45) is 13.0 Å². The Morgan fingerprint density at radius 3 is 2.90 bits per heavy atom. The molecule has 0 unspecified atom stereocenters. The molecule has 0 bridgehead atoms. The Balaban J connectivity index is 1.90. The maximum Gasteiger partial charge on any atom is 0.263 e. The summed E-state index contributed by atoms with van der Waals surface area (Å²) in [6.07, 6.45) is 3.10. The van der Waals surface area contributed by atoms with Crippen LogP contribution in [0.1, 0.15) is 40.9 Å². The summed E-state index contributed by atoms with van der Waals surface area (Å²) in [5.74, 6) is 0.345. The average molecular weight is 292 g/mol. The van der Waals surface area contributed by atoms with Crippen LogP contribution in [0.25, 0.3) is 0 Å². The van der Waals surface area contributed by atoms with E-state index in [9.17, 15) is 9.59 Å². The van der Waals surface area contributed by atoms with Gasteiger partial charge in [-0.15, -0.1) is 0 Å². The minimum absolute atomic E-state index is 0.227. The highest BCUT2D eigenvalue weighted by Gasteiger charge is 2.16. The number of hydrogen-bond donors (Lipinski definition) is 1. The molecule has 1 aliphatic heterocycles. The quantitative estimate of drug-likeness (QED) is 0.838. The van der Waals surface area contributed by atoms with Gasteiger partial charge >= 0.3 is 0 Å². The number of aromatic nitrogens is 1. The van der Waals surface area contributed by atoms with E-state index < -0.39 is 0 Å². The third-order valence-corrected chi connectivity index (χ3v) is 4.31. The van der Waals surface area contributed by atoms with E-state index in [0.29, 0.717) is 12.5 Å². The molecule has 1 saturated heterocycles. The van der Waals surface area contributed by atoms with Crippen molar-refractivity contribution in [1.29, 1.82) is 0 Å². The summed E-state index contributed by atoms with van der Waals surface area (Å²) in [5, 5.41) is 2.84. The molecule has 2 rings (SSSR count). The number of amides is 1. The zero-order valence-electron chi connectivity index (χ0n) is 13.1. The maximum absolute atomic E-state index is 12.1. The fraction of sp³-hybridized carbons (Fsp3) is 0.625. The number of pyridine rings is 1. The summed E-state index contributed by atoms with van der Waals surface area (Å²) in [5.41, 5.74) is 1.83. The lowest BCUT2D eigenvalue weighted by atomic mass is 10.0. The highest BCUT2D eigenvalue weighted by molar-refractivity contribution is 5.94. The number of aryl methyl sites for hydroxylation is 1. The van der Waals surface area contributed by atoms with Crippen LogP contribution in [0, 0.1) is 19.8 Å². The van der Waals surface area contributed by atoms with E-state index in [1.54, 1.807) is 13.1 Å². The topological polar surface area (TPSA) is 60.3 Å². The molecule has 1 fully saturated rings. The Bertz CT molecular complexity index is 572. The number of hydrogen-bond acceptors (Lipinski definition) is 3. The van der Waals surface area contributed by atoms with Crippen molar-refractivity contribution in [1.82, 2.24) is 9.88 Å². The Morgan fingerprint density at radius 1 is 1.48 bits per heavy atom. The number of nitrogens with zero attached hydrogens (tertiary/aromatic N) is 1. The van der Waals surface area contributed by atoms with E-state index in [2.05, 4.69) is 5.32 Å². The van der Waals surface area contributed by atoms with Crippen LogP contribution in [0.2, 0.25) is 0 Å². The van der Waals surface area contributed by atoms with Crippen molar-refractivity contribution in [3.8, 4) is 0 Å². The molecule has 21 heavy (non-hydrogen) atoms. The van der Waals surface area contributed by atoms with Crippen LogP contribution in [0.15, 0.2) is 10.9 Å². The van der Waals surface area contributed by atoms with Crippen LogP contribution in [-0.4, -0.2) is 30.2 Å². The summed E-state index contributed by atoms with van der Waals surface area (Å²) in [7, 11) is 1.70. The highest BCUT2D eigenvalue weighted by atomic mass is 16.5. The van der Waals surface area contributed by atoms with Gasteiger partial charge in [-0.2, -0.15) is 0 Å². The monoisotopic (exact) mass is 292 g/mol. The van der Waals surface area contributed by atoms with Gasteiger partial charge in [0, 0.05) is 32.5 Å². The first-order chi connectivity index (χ1) is 10.0. The zero-order chi connectivity index (χ0) is 15.4. The number of ether oxygens (including phenoxy) is 1. The van der Waals surface area contributed by atoms with Gasteiger partial charge < -0.3 is 14.6 Å². The molecule has 1 N–H and O–H groups in total. The lowest BCUT2D eigenvalue weighted by molar-refractivity contribution is 0.0950. The average Bonchev–Trinajstić information content (AvgIpc) is 2.98. The van der Waals surface area contributed by atoms with E-state index in [0.717, 1.165) is 43.7 Å². The van der Waals surface area contributed by atoms with Gasteiger partial charge in [-0.3, -0.25) is 9.59 Å². The molecule has 1 aliphatic rings. The van der Waals surface area contributed by atoms with Crippen LogP contribution < -0.4 is 10.9 Å². The highest BCUT2D eigenvalue weighted by Crippen LogP contribution is 2.17. The summed E-state index contributed by atoms with van der Waals surface area (Å²) < 4.78 is 6.85. The molecule has 1 aromatic heterocycles. The third-order valence-electron chi connectivity index (χ3n) is 4.31. The molecule has 5 heteroatoms. The summed E-state index contributed by atoms with van der Waals surface area (Å²) in [6.45, 7) is 6.08. The Hall–Kier alpha value is -1.62. The largest absolute Gasteiger partial charge is 0.381 e. The summed E-state index contributed by atoms with van der Waals surface area (Å²) in [6, 6.07) is 1.68. The van der Waals surface area contributed by atoms with E-state index in [-0.39, 0.29) is 17.0 Å². The van der Waals surface area contributed by atoms with Crippen molar-refractivity contribution in [3.05, 3.63) is 33.2 Å². The Kier molecular flexibility index (Phi) is 5.17. The number of carbonyl (C=O) groups excluding carboxylic acids is 1. The minimum Gasteiger partial charge on any atom is -0.381 e. The molecule has 1 aromatic rings.